The number of esters is 1. The molecule has 1 aromatic rings. The van der Waals surface area contributed by atoms with Crippen molar-refractivity contribution in [2.45, 2.75) is 33.6 Å². The van der Waals surface area contributed by atoms with E-state index in [0.29, 0.717) is 17.2 Å². The van der Waals surface area contributed by atoms with Gasteiger partial charge in [0.05, 0.1) is 17.2 Å². The van der Waals surface area contributed by atoms with Crippen LogP contribution in [-0.4, -0.2) is 25.7 Å². The molecule has 1 aromatic heterocycles. The molecule has 0 aliphatic carbocycles. The molecule has 0 aromatic carbocycles. The number of piperidine rings is 1. The SMILES string of the molecule is CCOC(=O)c1c(N)sc(N2CCC(C)CC2)c1C. The van der Waals surface area contributed by atoms with Crippen molar-refractivity contribution in [1.82, 2.24) is 0 Å². The number of carbonyl (C=O) groups is 1. The van der Waals surface area contributed by atoms with Crippen LogP contribution in [0.4, 0.5) is 10.0 Å². The molecular weight excluding hydrogens is 260 g/mol. The molecule has 0 saturated carbocycles. The Morgan fingerprint density at radius 2 is 2.11 bits per heavy atom. The standard InChI is InChI=1S/C14H22N2O2S/c1-4-18-14(17)11-10(3)13(19-12(11)15)16-7-5-9(2)6-8-16/h9H,4-8,15H2,1-3H3. The van der Waals surface area contributed by atoms with Gasteiger partial charge in [0.25, 0.3) is 0 Å². The maximum absolute atomic E-state index is 11.9. The Balaban J connectivity index is 2.23. The van der Waals surface area contributed by atoms with E-state index >= 15 is 0 Å². The number of hydrogen-bond donors (Lipinski definition) is 1. The molecule has 2 heterocycles. The number of nitrogens with two attached hydrogens (primary N) is 1. The quantitative estimate of drug-likeness (QED) is 0.866. The van der Waals surface area contributed by atoms with Gasteiger partial charge in [-0.15, -0.1) is 11.3 Å². The summed E-state index contributed by atoms with van der Waals surface area (Å²) in [6, 6.07) is 0. The molecule has 1 fully saturated rings. The van der Waals surface area contributed by atoms with Crippen molar-refractivity contribution in [3.8, 4) is 0 Å². The number of anilines is 2. The van der Waals surface area contributed by atoms with E-state index in [1.54, 1.807) is 0 Å². The molecule has 19 heavy (non-hydrogen) atoms. The van der Waals surface area contributed by atoms with Gasteiger partial charge >= 0.3 is 5.97 Å². The number of thiophene rings is 1. The van der Waals surface area contributed by atoms with Crippen LogP contribution in [0, 0.1) is 12.8 Å². The van der Waals surface area contributed by atoms with Crippen molar-refractivity contribution in [1.29, 1.82) is 0 Å². The van der Waals surface area contributed by atoms with E-state index in [2.05, 4.69) is 11.8 Å². The predicted molar refractivity (Wildman–Crippen MR) is 80.0 cm³/mol. The van der Waals surface area contributed by atoms with Gasteiger partial charge in [0.15, 0.2) is 0 Å². The highest BCUT2D eigenvalue weighted by Gasteiger charge is 2.25. The zero-order valence-corrected chi connectivity index (χ0v) is 12.7. The number of nitrogen functional groups attached to an aromatic ring is 1. The lowest BCUT2D eigenvalue weighted by Crippen LogP contribution is -2.32. The Morgan fingerprint density at radius 3 is 2.68 bits per heavy atom. The molecule has 1 saturated heterocycles. The average Bonchev–Trinajstić information content (AvgIpc) is 2.66. The lowest BCUT2D eigenvalue weighted by atomic mass is 9.99. The van der Waals surface area contributed by atoms with Gasteiger partial charge in [0, 0.05) is 18.7 Å². The summed E-state index contributed by atoms with van der Waals surface area (Å²) in [5, 5.41) is 1.71. The van der Waals surface area contributed by atoms with Gasteiger partial charge in [-0.3, -0.25) is 0 Å². The summed E-state index contributed by atoms with van der Waals surface area (Å²) in [6.07, 6.45) is 2.40. The first-order chi connectivity index (χ1) is 9.04. The fourth-order valence-electron chi connectivity index (χ4n) is 2.49. The van der Waals surface area contributed by atoms with Gasteiger partial charge in [-0.2, -0.15) is 0 Å². The first-order valence-corrected chi connectivity index (χ1v) is 7.67. The largest absolute Gasteiger partial charge is 0.462 e. The Kier molecular flexibility index (Phi) is 4.34. The minimum Gasteiger partial charge on any atom is -0.462 e. The first kappa shape index (κ1) is 14.2. The normalized spacial score (nSPS) is 16.7. The van der Waals surface area contributed by atoms with Crippen molar-refractivity contribution in [2.24, 2.45) is 5.92 Å². The van der Waals surface area contributed by atoms with Crippen molar-refractivity contribution in [3.63, 3.8) is 0 Å². The highest BCUT2D eigenvalue weighted by atomic mass is 32.1. The van der Waals surface area contributed by atoms with Gasteiger partial charge in [-0.05, 0) is 32.6 Å². The number of carbonyl (C=O) groups excluding carboxylic acids is 1. The third-order valence-corrected chi connectivity index (χ3v) is 4.88. The Labute approximate surface area is 118 Å². The van der Waals surface area contributed by atoms with E-state index in [9.17, 15) is 4.79 Å². The molecule has 1 aliphatic heterocycles. The van der Waals surface area contributed by atoms with Crippen LogP contribution in [0.1, 0.15) is 42.6 Å². The molecule has 4 nitrogen and oxygen atoms in total. The van der Waals surface area contributed by atoms with Crippen LogP contribution in [0.5, 0.6) is 0 Å². The van der Waals surface area contributed by atoms with E-state index in [0.717, 1.165) is 29.6 Å². The van der Waals surface area contributed by atoms with Crippen LogP contribution in [-0.2, 0) is 4.74 Å². The molecule has 0 bridgehead atoms. The van der Waals surface area contributed by atoms with Crippen molar-refractivity contribution in [2.75, 3.05) is 30.3 Å². The molecule has 0 amide bonds. The second kappa shape index (κ2) is 5.82. The number of rotatable bonds is 3. The fraction of sp³-hybridized carbons (Fsp3) is 0.643. The maximum atomic E-state index is 11.9. The van der Waals surface area contributed by atoms with Crippen LogP contribution >= 0.6 is 11.3 Å². The average molecular weight is 282 g/mol. The van der Waals surface area contributed by atoms with Crippen LogP contribution in [0.25, 0.3) is 0 Å². The van der Waals surface area contributed by atoms with E-state index in [-0.39, 0.29) is 5.97 Å². The molecule has 1 aliphatic rings. The smallest absolute Gasteiger partial charge is 0.341 e. The molecule has 0 atom stereocenters. The molecule has 5 heteroatoms. The second-order valence-electron chi connectivity index (χ2n) is 5.16. The zero-order chi connectivity index (χ0) is 14.0. The van der Waals surface area contributed by atoms with Crippen molar-refractivity contribution in [3.05, 3.63) is 11.1 Å². The molecule has 0 unspecified atom stereocenters. The first-order valence-electron chi connectivity index (χ1n) is 6.85. The lowest BCUT2D eigenvalue weighted by molar-refractivity contribution is 0.0527. The van der Waals surface area contributed by atoms with Gasteiger partial charge < -0.3 is 15.4 Å². The molecule has 0 radical (unpaired) electrons. The number of ether oxygens (including phenoxy) is 1. The summed E-state index contributed by atoms with van der Waals surface area (Å²) in [6.45, 7) is 8.53. The maximum Gasteiger partial charge on any atom is 0.341 e. The second-order valence-corrected chi connectivity index (χ2v) is 6.19. The van der Waals surface area contributed by atoms with Crippen molar-refractivity contribution < 1.29 is 9.53 Å². The molecule has 106 valence electrons. The lowest BCUT2D eigenvalue weighted by Gasteiger charge is -2.31. The Hall–Kier alpha value is -1.23. The van der Waals surface area contributed by atoms with E-state index < -0.39 is 0 Å². The third-order valence-electron chi connectivity index (χ3n) is 3.70. The highest BCUT2D eigenvalue weighted by molar-refractivity contribution is 7.20. The van der Waals surface area contributed by atoms with E-state index in [4.69, 9.17) is 10.5 Å². The van der Waals surface area contributed by atoms with Gasteiger partial charge in [0.2, 0.25) is 0 Å². The summed E-state index contributed by atoms with van der Waals surface area (Å²) >= 11 is 1.51. The van der Waals surface area contributed by atoms with Crippen LogP contribution in [0.15, 0.2) is 0 Å². The van der Waals surface area contributed by atoms with Gasteiger partial charge in [-0.25, -0.2) is 4.79 Å². The number of hydrogen-bond acceptors (Lipinski definition) is 5. The molecule has 0 spiro atoms. The minimum absolute atomic E-state index is 0.301. The summed E-state index contributed by atoms with van der Waals surface area (Å²) in [5.41, 5.74) is 7.52. The summed E-state index contributed by atoms with van der Waals surface area (Å²) in [5.74, 6) is 0.490. The topological polar surface area (TPSA) is 55.6 Å². The predicted octanol–water partition coefficient (Wildman–Crippen LogP) is 3.05. The van der Waals surface area contributed by atoms with E-state index in [1.165, 1.54) is 24.2 Å². The monoisotopic (exact) mass is 282 g/mol. The Bertz CT molecular complexity index is 462. The minimum atomic E-state index is -0.301. The van der Waals surface area contributed by atoms with Crippen LogP contribution in [0.2, 0.25) is 0 Å². The fourth-order valence-corrected chi connectivity index (χ4v) is 3.61. The Morgan fingerprint density at radius 1 is 1.47 bits per heavy atom. The third kappa shape index (κ3) is 2.86. The molecule has 2 N–H and O–H groups in total. The summed E-state index contributed by atoms with van der Waals surface area (Å²) < 4.78 is 5.08. The van der Waals surface area contributed by atoms with Crippen LogP contribution in [0.3, 0.4) is 0 Å². The van der Waals surface area contributed by atoms with Crippen LogP contribution < -0.4 is 10.6 Å². The summed E-state index contributed by atoms with van der Waals surface area (Å²) in [4.78, 5) is 14.3. The van der Waals surface area contributed by atoms with Gasteiger partial charge in [0.1, 0.15) is 5.00 Å². The zero-order valence-electron chi connectivity index (χ0n) is 11.9. The number of nitrogens with zero attached hydrogens (tertiary/aromatic N) is 1. The highest BCUT2D eigenvalue weighted by Crippen LogP contribution is 2.39. The van der Waals surface area contributed by atoms with E-state index in [1.807, 2.05) is 13.8 Å². The van der Waals surface area contributed by atoms with Gasteiger partial charge in [-0.1, -0.05) is 6.92 Å². The summed E-state index contributed by atoms with van der Waals surface area (Å²) in [7, 11) is 0. The molecule has 2 rings (SSSR count). The molecular formula is C14H22N2O2S. The van der Waals surface area contributed by atoms with Crippen molar-refractivity contribution >= 4 is 27.3 Å².